The second kappa shape index (κ2) is 6.99. The second-order valence-electron chi connectivity index (χ2n) is 5.90. The lowest BCUT2D eigenvalue weighted by atomic mass is 10.1. The maximum absolute atomic E-state index is 12.6. The molecule has 0 unspecified atom stereocenters. The number of nitrogens with zero attached hydrogens (tertiary/aromatic N) is 1. The SMILES string of the molecule is CCN(CC)Cc1c(O)cc2oc(-c3ccccc3)cc(=O)c2c1O. The molecule has 0 bridgehead atoms. The van der Waals surface area contributed by atoms with Gasteiger partial charge >= 0.3 is 0 Å². The van der Waals surface area contributed by atoms with E-state index in [0.717, 1.165) is 18.7 Å². The van der Waals surface area contributed by atoms with Crippen LogP contribution in [0.4, 0.5) is 0 Å². The van der Waals surface area contributed by atoms with Crippen molar-refractivity contribution >= 4 is 11.0 Å². The van der Waals surface area contributed by atoms with E-state index in [0.29, 0.717) is 17.9 Å². The number of hydrogen-bond donors (Lipinski definition) is 2. The largest absolute Gasteiger partial charge is 0.507 e. The van der Waals surface area contributed by atoms with Crippen LogP contribution in [0.3, 0.4) is 0 Å². The highest BCUT2D eigenvalue weighted by Crippen LogP contribution is 2.36. The van der Waals surface area contributed by atoms with Crippen molar-refractivity contribution in [3.63, 3.8) is 0 Å². The predicted octanol–water partition coefficient (Wildman–Crippen LogP) is 3.71. The summed E-state index contributed by atoms with van der Waals surface area (Å²) in [6.07, 6.45) is 0. The topological polar surface area (TPSA) is 73.9 Å². The fourth-order valence-electron chi connectivity index (χ4n) is 2.90. The summed E-state index contributed by atoms with van der Waals surface area (Å²) in [5.41, 5.74) is 0.937. The van der Waals surface area contributed by atoms with Gasteiger partial charge in [0.2, 0.25) is 0 Å². The third-order valence-corrected chi connectivity index (χ3v) is 4.41. The first-order valence-electron chi connectivity index (χ1n) is 8.34. The minimum atomic E-state index is -0.335. The van der Waals surface area contributed by atoms with Crippen LogP contribution in [-0.4, -0.2) is 28.2 Å². The average molecular weight is 339 g/mol. The summed E-state index contributed by atoms with van der Waals surface area (Å²) in [5, 5.41) is 21.0. The van der Waals surface area contributed by atoms with Gasteiger partial charge in [0.1, 0.15) is 28.2 Å². The number of benzene rings is 2. The fourth-order valence-corrected chi connectivity index (χ4v) is 2.90. The van der Waals surface area contributed by atoms with Gasteiger partial charge in [-0.1, -0.05) is 44.2 Å². The number of hydrogen-bond acceptors (Lipinski definition) is 5. The normalized spacial score (nSPS) is 11.3. The minimum absolute atomic E-state index is 0.0785. The van der Waals surface area contributed by atoms with Crippen LogP contribution in [0, 0.1) is 0 Å². The summed E-state index contributed by atoms with van der Waals surface area (Å²) < 4.78 is 5.77. The summed E-state index contributed by atoms with van der Waals surface area (Å²) in [6.45, 7) is 5.91. The van der Waals surface area contributed by atoms with Crippen molar-refractivity contribution in [3.05, 3.63) is 58.3 Å². The van der Waals surface area contributed by atoms with Crippen LogP contribution in [0.25, 0.3) is 22.3 Å². The van der Waals surface area contributed by atoms with Gasteiger partial charge in [0, 0.05) is 24.2 Å². The molecule has 0 saturated carbocycles. The zero-order valence-electron chi connectivity index (χ0n) is 14.3. The van der Waals surface area contributed by atoms with Crippen molar-refractivity contribution in [2.24, 2.45) is 0 Å². The van der Waals surface area contributed by atoms with Crippen LogP contribution in [0.1, 0.15) is 19.4 Å². The van der Waals surface area contributed by atoms with Gasteiger partial charge in [0.25, 0.3) is 0 Å². The zero-order chi connectivity index (χ0) is 18.0. The molecule has 0 radical (unpaired) electrons. The van der Waals surface area contributed by atoms with Gasteiger partial charge in [-0.2, -0.15) is 0 Å². The van der Waals surface area contributed by atoms with Gasteiger partial charge in [0.05, 0.1) is 5.56 Å². The molecule has 5 nitrogen and oxygen atoms in total. The Balaban J connectivity index is 2.17. The Hall–Kier alpha value is -2.79. The highest BCUT2D eigenvalue weighted by atomic mass is 16.3. The molecule has 3 rings (SSSR count). The number of aromatic hydroxyl groups is 2. The third kappa shape index (κ3) is 3.23. The summed E-state index contributed by atoms with van der Waals surface area (Å²) in [7, 11) is 0. The molecule has 0 amide bonds. The molecule has 0 saturated heterocycles. The molecular weight excluding hydrogens is 318 g/mol. The van der Waals surface area contributed by atoms with Crippen LogP contribution >= 0.6 is 0 Å². The van der Waals surface area contributed by atoms with E-state index in [4.69, 9.17) is 4.42 Å². The molecule has 5 heteroatoms. The Morgan fingerprint density at radius 3 is 2.36 bits per heavy atom. The Labute approximate surface area is 145 Å². The first kappa shape index (κ1) is 17.0. The average Bonchev–Trinajstić information content (AvgIpc) is 2.62. The van der Waals surface area contributed by atoms with E-state index in [1.807, 2.05) is 49.1 Å². The summed E-state index contributed by atoms with van der Waals surface area (Å²) in [6, 6.07) is 12.0. The molecule has 0 spiro atoms. The van der Waals surface area contributed by atoms with E-state index in [-0.39, 0.29) is 27.9 Å². The highest BCUT2D eigenvalue weighted by Gasteiger charge is 2.19. The lowest BCUT2D eigenvalue weighted by Crippen LogP contribution is -2.22. The number of fused-ring (bicyclic) bond motifs is 1. The van der Waals surface area contributed by atoms with Crippen molar-refractivity contribution in [1.29, 1.82) is 0 Å². The highest BCUT2D eigenvalue weighted by molar-refractivity contribution is 5.87. The van der Waals surface area contributed by atoms with Crippen molar-refractivity contribution < 1.29 is 14.6 Å². The Morgan fingerprint density at radius 1 is 1.04 bits per heavy atom. The zero-order valence-corrected chi connectivity index (χ0v) is 14.3. The maximum atomic E-state index is 12.6. The first-order valence-corrected chi connectivity index (χ1v) is 8.34. The molecule has 3 aromatic rings. The Morgan fingerprint density at radius 2 is 1.72 bits per heavy atom. The van der Waals surface area contributed by atoms with E-state index in [1.54, 1.807) is 0 Å². The molecule has 0 aliphatic carbocycles. The van der Waals surface area contributed by atoms with Crippen LogP contribution < -0.4 is 5.43 Å². The van der Waals surface area contributed by atoms with Gasteiger partial charge in [-0.3, -0.25) is 9.69 Å². The second-order valence-corrected chi connectivity index (χ2v) is 5.90. The molecule has 25 heavy (non-hydrogen) atoms. The number of phenols is 2. The summed E-state index contributed by atoms with van der Waals surface area (Å²) in [5.74, 6) is 0.105. The Kier molecular flexibility index (Phi) is 4.76. The van der Waals surface area contributed by atoms with Crippen molar-refractivity contribution in [3.8, 4) is 22.8 Å². The monoisotopic (exact) mass is 339 g/mol. The van der Waals surface area contributed by atoms with Crippen molar-refractivity contribution in [2.75, 3.05) is 13.1 Å². The van der Waals surface area contributed by atoms with E-state index in [9.17, 15) is 15.0 Å². The molecule has 0 atom stereocenters. The van der Waals surface area contributed by atoms with Crippen LogP contribution in [0.5, 0.6) is 11.5 Å². The third-order valence-electron chi connectivity index (χ3n) is 4.41. The van der Waals surface area contributed by atoms with E-state index in [1.165, 1.54) is 12.1 Å². The molecular formula is C20H21NO4. The lowest BCUT2D eigenvalue weighted by molar-refractivity contribution is 0.285. The van der Waals surface area contributed by atoms with Gasteiger partial charge in [0.15, 0.2) is 5.43 Å². The molecule has 0 fully saturated rings. The van der Waals surface area contributed by atoms with Crippen molar-refractivity contribution in [1.82, 2.24) is 4.90 Å². The summed E-state index contributed by atoms with van der Waals surface area (Å²) >= 11 is 0. The van der Waals surface area contributed by atoms with Crippen LogP contribution in [0.15, 0.2) is 51.7 Å². The smallest absolute Gasteiger partial charge is 0.197 e. The quantitative estimate of drug-likeness (QED) is 0.741. The van der Waals surface area contributed by atoms with E-state index in [2.05, 4.69) is 0 Å². The van der Waals surface area contributed by atoms with Crippen LogP contribution in [0.2, 0.25) is 0 Å². The molecule has 0 aliphatic rings. The molecule has 130 valence electrons. The van der Waals surface area contributed by atoms with Gasteiger partial charge < -0.3 is 14.6 Å². The Bertz CT molecular complexity index is 943. The van der Waals surface area contributed by atoms with Gasteiger partial charge in [-0.15, -0.1) is 0 Å². The minimum Gasteiger partial charge on any atom is -0.507 e. The molecule has 1 aromatic heterocycles. The molecule has 2 aromatic carbocycles. The molecule has 1 heterocycles. The van der Waals surface area contributed by atoms with Crippen molar-refractivity contribution in [2.45, 2.75) is 20.4 Å². The lowest BCUT2D eigenvalue weighted by Gasteiger charge is -2.20. The van der Waals surface area contributed by atoms with E-state index >= 15 is 0 Å². The molecule has 0 aliphatic heterocycles. The maximum Gasteiger partial charge on any atom is 0.197 e. The first-order chi connectivity index (χ1) is 12.0. The standard InChI is InChI=1S/C20H21NO4/c1-3-21(4-2)12-14-15(22)10-18-19(20(14)24)16(23)11-17(25-18)13-8-6-5-7-9-13/h5-11,22,24H,3-4,12H2,1-2H3. The van der Waals surface area contributed by atoms with E-state index < -0.39 is 0 Å². The van der Waals surface area contributed by atoms with Gasteiger partial charge in [-0.05, 0) is 13.1 Å². The number of phenolic OH excluding ortho intramolecular Hbond substituents is 2. The number of rotatable bonds is 5. The van der Waals surface area contributed by atoms with Gasteiger partial charge in [-0.25, -0.2) is 0 Å². The predicted molar refractivity (Wildman–Crippen MR) is 97.9 cm³/mol. The summed E-state index contributed by atoms with van der Waals surface area (Å²) in [4.78, 5) is 14.6. The van der Waals surface area contributed by atoms with Crippen LogP contribution in [-0.2, 0) is 6.54 Å². The fraction of sp³-hybridized carbons (Fsp3) is 0.250. The molecule has 2 N–H and O–H groups in total.